The van der Waals surface area contributed by atoms with E-state index in [9.17, 15) is 19.2 Å². The number of hydrogen-bond acceptors (Lipinski definition) is 14. The molecule has 8 rings (SSSR count). The SMILES string of the molecule is CCn1nc(C)cc1C(=O)Nc1nc2cc(C(=O)OC)cc3c2n1C/C=C/Cn1c(NC(=O)c2cc(C)nn2CC)nc2cc(C(=O)OC)cc(c21)OCC(N1CCC(O[Si](C)(C)C(C)(C)C)C1)CO3. The van der Waals surface area contributed by atoms with Crippen molar-refractivity contribution in [1.82, 2.24) is 43.6 Å². The summed E-state index contributed by atoms with van der Waals surface area (Å²) in [7, 11) is 0.476. The molecule has 2 N–H and O–H groups in total. The summed E-state index contributed by atoms with van der Waals surface area (Å²) in [6.45, 7) is 21.4. The number of carbonyl (C=O) groups is 4. The minimum absolute atomic E-state index is 0.00546. The molecule has 2 amide bonds. The van der Waals surface area contributed by atoms with Crippen molar-refractivity contribution < 1.29 is 42.6 Å². The first-order valence-electron chi connectivity index (χ1n) is 23.6. The van der Waals surface area contributed by atoms with Crippen LogP contribution >= 0.6 is 0 Å². The Labute approximate surface area is 407 Å². The average Bonchev–Trinajstić information content (AvgIpc) is 4.16. The van der Waals surface area contributed by atoms with Gasteiger partial charge in [-0.2, -0.15) is 10.2 Å². The number of methoxy groups -OCH3 is 2. The highest BCUT2D eigenvalue weighted by Gasteiger charge is 2.41. The lowest BCUT2D eigenvalue weighted by molar-refractivity contribution is 0.0591. The fourth-order valence-corrected chi connectivity index (χ4v) is 10.1. The van der Waals surface area contributed by atoms with Crippen LogP contribution in [-0.2, 0) is 40.1 Å². The van der Waals surface area contributed by atoms with E-state index < -0.39 is 38.1 Å². The van der Waals surface area contributed by atoms with Crippen molar-refractivity contribution in [2.45, 2.75) is 111 Å². The lowest BCUT2D eigenvalue weighted by atomic mass is 10.1. The van der Waals surface area contributed by atoms with Crippen molar-refractivity contribution in [1.29, 1.82) is 0 Å². The van der Waals surface area contributed by atoms with Gasteiger partial charge in [0.1, 0.15) is 47.1 Å². The molecule has 2 aromatic carbocycles. The van der Waals surface area contributed by atoms with Crippen molar-refractivity contribution in [2.24, 2.45) is 0 Å². The van der Waals surface area contributed by atoms with Gasteiger partial charge in [-0.3, -0.25) is 34.5 Å². The summed E-state index contributed by atoms with van der Waals surface area (Å²) < 4.78 is 37.8. The molecule has 6 heterocycles. The molecule has 2 aliphatic rings. The van der Waals surface area contributed by atoms with E-state index >= 15 is 0 Å². The molecule has 0 radical (unpaired) electrons. The molecular weight excluding hydrogens is 915 g/mol. The van der Waals surface area contributed by atoms with Crippen molar-refractivity contribution in [3.05, 3.63) is 82.5 Å². The lowest BCUT2D eigenvalue weighted by Gasteiger charge is -2.38. The van der Waals surface area contributed by atoms with E-state index in [1.54, 1.807) is 45.8 Å². The van der Waals surface area contributed by atoms with Crippen LogP contribution in [0.15, 0.2) is 48.6 Å². The van der Waals surface area contributed by atoms with E-state index in [1.165, 1.54) is 14.2 Å². The number of anilines is 2. The van der Waals surface area contributed by atoms with Crippen LogP contribution in [0.2, 0.25) is 18.1 Å². The van der Waals surface area contributed by atoms with Gasteiger partial charge < -0.3 is 32.5 Å². The third-order valence-corrected chi connectivity index (χ3v) is 17.9. The number of rotatable bonds is 11. The second-order valence-corrected chi connectivity index (χ2v) is 23.9. The molecule has 1 atom stereocenters. The van der Waals surface area contributed by atoms with Crippen LogP contribution in [0, 0.1) is 13.8 Å². The zero-order valence-corrected chi connectivity index (χ0v) is 42.8. The second kappa shape index (κ2) is 19.9. The lowest BCUT2D eigenvalue weighted by Crippen LogP contribution is -2.46. The van der Waals surface area contributed by atoms with Gasteiger partial charge in [0.2, 0.25) is 11.9 Å². The van der Waals surface area contributed by atoms with Gasteiger partial charge in [-0.1, -0.05) is 32.9 Å². The predicted octanol–water partition coefficient (Wildman–Crippen LogP) is 7.01. The maximum Gasteiger partial charge on any atom is 0.338 e. The zero-order chi connectivity index (χ0) is 50.2. The largest absolute Gasteiger partial charge is 0.490 e. The number of hydrogen-bond donors (Lipinski definition) is 2. The smallest absolute Gasteiger partial charge is 0.338 e. The quantitative estimate of drug-likeness (QED) is 0.0760. The number of amides is 2. The average molecular weight is 978 g/mol. The summed E-state index contributed by atoms with van der Waals surface area (Å²) in [6.07, 6.45) is 4.53. The Morgan fingerprint density at radius 1 is 0.729 bits per heavy atom. The fourth-order valence-electron chi connectivity index (χ4n) is 8.73. The number of esters is 2. The van der Waals surface area contributed by atoms with Gasteiger partial charge in [-0.25, -0.2) is 19.6 Å². The number of likely N-dealkylation sites (tertiary alicyclic amines) is 1. The molecule has 4 aromatic heterocycles. The standard InChI is InChI=1S/C49H63N11O9Si/c1-12-59-37(20-29(3)54-59)43(61)52-47-50-35-22-31(45(63)65-8)24-39-41(35)57(47)17-14-15-18-58-42-36(51-48(58)53-44(62)38-21-30(4)55-60(38)13-2)23-32(46(64)66-9)25-40(42)68-28-33(27-67-39)56-19-16-34(26-56)69-70(10,11)49(5,6)7/h14-15,20-25,33-34H,12-13,16-19,26-28H2,1-11H3,(H,50,52,61)(H,51,53,62)/b15-14+. The normalized spacial score (nSPS) is 16.6. The van der Waals surface area contributed by atoms with Crippen molar-refractivity contribution in [2.75, 3.05) is 51.2 Å². The molecule has 1 fully saturated rings. The Balaban J connectivity index is 1.27. The number of allylic oxidation sites excluding steroid dienone is 2. The van der Waals surface area contributed by atoms with Gasteiger partial charge in [-0.15, -0.1) is 0 Å². The number of benzene rings is 2. The predicted molar refractivity (Wildman–Crippen MR) is 266 cm³/mol. The molecule has 20 nitrogen and oxygen atoms in total. The maximum atomic E-state index is 14.0. The number of nitrogens with zero attached hydrogens (tertiary/aromatic N) is 9. The van der Waals surface area contributed by atoms with Crippen molar-refractivity contribution >= 4 is 66.0 Å². The molecule has 0 bridgehead atoms. The fraction of sp³-hybridized carbons (Fsp3) is 0.469. The van der Waals surface area contributed by atoms with Crippen LogP contribution in [0.1, 0.15) is 94.1 Å². The van der Waals surface area contributed by atoms with E-state index in [0.29, 0.717) is 82.5 Å². The van der Waals surface area contributed by atoms with Crippen molar-refractivity contribution in [3.63, 3.8) is 0 Å². The molecule has 6 aromatic rings. The van der Waals surface area contributed by atoms with Crippen LogP contribution in [-0.4, -0.2) is 128 Å². The molecule has 1 unspecified atom stereocenters. The molecule has 1 saturated heterocycles. The Hall–Kier alpha value is -6.84. The van der Waals surface area contributed by atoms with Crippen LogP contribution in [0.25, 0.3) is 22.1 Å². The van der Waals surface area contributed by atoms with E-state index in [2.05, 4.69) is 59.6 Å². The van der Waals surface area contributed by atoms with Crippen LogP contribution < -0.4 is 20.1 Å². The van der Waals surface area contributed by atoms with E-state index in [-0.39, 0.29) is 60.5 Å². The zero-order valence-electron chi connectivity index (χ0n) is 41.8. The van der Waals surface area contributed by atoms with Gasteiger partial charge in [0.25, 0.3) is 11.8 Å². The maximum absolute atomic E-state index is 14.0. The summed E-state index contributed by atoms with van der Waals surface area (Å²) in [5.41, 5.74) is 4.31. The van der Waals surface area contributed by atoms with Gasteiger partial charge in [0, 0.05) is 39.3 Å². The molecule has 21 heteroatoms. The summed E-state index contributed by atoms with van der Waals surface area (Å²) >= 11 is 0. The molecule has 0 saturated carbocycles. The molecule has 372 valence electrons. The number of carbonyl (C=O) groups excluding carboxylic acids is 4. The first-order valence-corrected chi connectivity index (χ1v) is 26.5. The first kappa shape index (κ1) is 49.6. The van der Waals surface area contributed by atoms with E-state index in [1.807, 2.05) is 49.0 Å². The number of aromatic nitrogens is 8. The van der Waals surface area contributed by atoms with Crippen molar-refractivity contribution in [3.8, 4) is 11.5 Å². The number of nitrogens with one attached hydrogen (secondary N) is 2. The van der Waals surface area contributed by atoms with Gasteiger partial charge >= 0.3 is 11.9 Å². The second-order valence-electron chi connectivity index (χ2n) is 19.2. The molecular formula is C49H63N11O9Si. The third kappa shape index (κ3) is 9.95. The summed E-state index contributed by atoms with van der Waals surface area (Å²) in [6, 6.07) is 9.49. The Morgan fingerprint density at radius 2 is 1.19 bits per heavy atom. The highest BCUT2D eigenvalue weighted by molar-refractivity contribution is 6.74. The summed E-state index contributed by atoms with van der Waals surface area (Å²) in [4.78, 5) is 66.6. The number of aryl methyl sites for hydroxylation is 4. The van der Waals surface area contributed by atoms with Crippen LogP contribution in [0.3, 0.4) is 0 Å². The first-order chi connectivity index (χ1) is 33.3. The third-order valence-electron chi connectivity index (χ3n) is 13.3. The number of imidazole rings is 2. The van der Waals surface area contributed by atoms with Gasteiger partial charge in [0.05, 0.1) is 59.9 Å². The van der Waals surface area contributed by atoms with E-state index in [0.717, 1.165) is 6.42 Å². The Kier molecular flexibility index (Phi) is 14.1. The van der Waals surface area contributed by atoms with Gasteiger partial charge in [-0.05, 0) is 88.6 Å². The summed E-state index contributed by atoms with van der Waals surface area (Å²) in [5.74, 6) is -0.955. The monoisotopic (exact) mass is 977 g/mol. The highest BCUT2D eigenvalue weighted by atomic mass is 28.4. The molecule has 0 spiro atoms. The Morgan fingerprint density at radius 3 is 1.60 bits per heavy atom. The molecule has 2 aliphatic heterocycles. The highest BCUT2D eigenvalue weighted by Crippen LogP contribution is 2.39. The molecule has 0 aliphatic carbocycles. The minimum atomic E-state index is -2.14. The minimum Gasteiger partial charge on any atom is -0.490 e. The number of ether oxygens (including phenoxy) is 4. The molecule has 70 heavy (non-hydrogen) atoms. The van der Waals surface area contributed by atoms with Crippen LogP contribution in [0.4, 0.5) is 11.9 Å². The van der Waals surface area contributed by atoms with Gasteiger partial charge in [0.15, 0.2) is 8.32 Å². The summed E-state index contributed by atoms with van der Waals surface area (Å²) in [5, 5.41) is 15.0. The topological polar surface area (TPSA) is 213 Å². The van der Waals surface area contributed by atoms with Crippen LogP contribution in [0.5, 0.6) is 11.5 Å². The Bertz CT molecular complexity index is 2840. The van der Waals surface area contributed by atoms with E-state index in [4.69, 9.17) is 33.3 Å².